The van der Waals surface area contributed by atoms with E-state index in [9.17, 15) is 14.7 Å². The molecule has 2 aliphatic rings. The van der Waals surface area contributed by atoms with Crippen LogP contribution in [-0.4, -0.2) is 46.0 Å². The summed E-state index contributed by atoms with van der Waals surface area (Å²) in [4.78, 5) is 24.9. The molecule has 1 aromatic rings. The van der Waals surface area contributed by atoms with E-state index in [1.807, 2.05) is 30.6 Å². The quantitative estimate of drug-likeness (QED) is 0.475. The standard InChI is InChI=1S/C13H15N3O3S.H2O/c14-9-10(17)16-7-13(12(18)19,8-20-11(9)16)6-15-4-2-1-3-5-15;/h1-5,9,11H,6-8,14H2;1H2/t9-,11-,13?;/m1./s1. The minimum absolute atomic E-state index is 0. The van der Waals surface area contributed by atoms with Gasteiger partial charge in [0.1, 0.15) is 11.4 Å². The smallest absolute Gasteiger partial charge is 0.243 e. The summed E-state index contributed by atoms with van der Waals surface area (Å²) in [7, 11) is 0. The lowest BCUT2D eigenvalue weighted by atomic mass is 9.87. The van der Waals surface area contributed by atoms with Crippen molar-refractivity contribution in [3.05, 3.63) is 30.6 Å². The van der Waals surface area contributed by atoms with Gasteiger partial charge in [-0.1, -0.05) is 6.07 Å². The number of nitrogens with zero attached hydrogens (tertiary/aromatic N) is 2. The Bertz CT molecular complexity index is 556. The van der Waals surface area contributed by atoms with Gasteiger partial charge in [0.25, 0.3) is 0 Å². The first kappa shape index (κ1) is 15.7. The summed E-state index contributed by atoms with van der Waals surface area (Å²) in [5.74, 6) is -0.890. The van der Waals surface area contributed by atoms with Crippen LogP contribution in [0.25, 0.3) is 0 Å². The number of fused-ring (bicyclic) bond motifs is 1. The van der Waals surface area contributed by atoms with E-state index in [-0.39, 0.29) is 29.8 Å². The zero-order valence-corrected chi connectivity index (χ0v) is 12.1. The molecule has 2 fully saturated rings. The first-order chi connectivity index (χ1) is 9.53. The number of hydrogen-bond acceptors (Lipinski definition) is 5. The zero-order chi connectivity index (χ0) is 14.3. The van der Waals surface area contributed by atoms with Crippen molar-refractivity contribution in [2.75, 3.05) is 12.3 Å². The van der Waals surface area contributed by atoms with E-state index >= 15 is 0 Å². The van der Waals surface area contributed by atoms with Crippen molar-refractivity contribution in [3.63, 3.8) is 0 Å². The number of aliphatic carboxylic acids is 1. The average Bonchev–Trinajstić information content (AvgIpc) is 2.47. The van der Waals surface area contributed by atoms with Gasteiger partial charge in [-0.25, -0.2) is 4.57 Å². The van der Waals surface area contributed by atoms with Gasteiger partial charge in [0.15, 0.2) is 18.9 Å². The lowest BCUT2D eigenvalue weighted by Crippen LogP contribution is -2.74. The Labute approximate surface area is 126 Å². The maximum atomic E-state index is 11.7. The Hall–Kier alpha value is -1.64. The maximum absolute atomic E-state index is 11.7. The number of carboxylic acid groups (broad SMARTS) is 1. The topological polar surface area (TPSA) is 122 Å². The SMILES string of the molecule is N[C@@H]1C(=O)N2CC(C[n+]3ccccc3)(C(=O)[O-])CS[C@H]12.O. The first-order valence-electron chi connectivity index (χ1n) is 6.37. The highest BCUT2D eigenvalue weighted by atomic mass is 32.2. The van der Waals surface area contributed by atoms with Gasteiger partial charge in [-0.2, -0.15) is 0 Å². The zero-order valence-electron chi connectivity index (χ0n) is 11.3. The third-order valence-electron chi connectivity index (χ3n) is 3.88. The van der Waals surface area contributed by atoms with Crippen LogP contribution in [-0.2, 0) is 16.1 Å². The molecule has 2 saturated heterocycles. The van der Waals surface area contributed by atoms with Crippen LogP contribution >= 0.6 is 11.8 Å². The monoisotopic (exact) mass is 311 g/mol. The van der Waals surface area contributed by atoms with Crippen molar-refractivity contribution in [1.29, 1.82) is 0 Å². The number of pyridine rings is 1. The van der Waals surface area contributed by atoms with Gasteiger partial charge in [-0.15, -0.1) is 11.8 Å². The number of β-lactam (4-membered cyclic amide) rings is 1. The predicted octanol–water partition coefficient (Wildman–Crippen LogP) is -2.87. The van der Waals surface area contributed by atoms with Gasteiger partial charge < -0.3 is 26.0 Å². The van der Waals surface area contributed by atoms with E-state index in [0.29, 0.717) is 5.75 Å². The van der Waals surface area contributed by atoms with E-state index in [0.717, 1.165) is 0 Å². The van der Waals surface area contributed by atoms with Gasteiger partial charge in [0.05, 0.1) is 11.4 Å². The molecule has 1 unspecified atom stereocenters. The molecule has 0 radical (unpaired) electrons. The lowest BCUT2D eigenvalue weighted by Gasteiger charge is -2.53. The maximum Gasteiger partial charge on any atom is 0.243 e. The summed E-state index contributed by atoms with van der Waals surface area (Å²) in [5, 5.41) is 11.6. The summed E-state index contributed by atoms with van der Waals surface area (Å²) in [5.41, 5.74) is 4.65. The molecule has 0 bridgehead atoms. The summed E-state index contributed by atoms with van der Waals surface area (Å²) in [6, 6.07) is 5.05. The Morgan fingerprint density at radius 3 is 2.76 bits per heavy atom. The normalized spacial score (nSPS) is 30.9. The molecule has 0 aromatic carbocycles. The van der Waals surface area contributed by atoms with Crippen molar-refractivity contribution >= 4 is 23.6 Å². The highest BCUT2D eigenvalue weighted by Gasteiger charge is 2.54. The number of aromatic nitrogens is 1. The minimum Gasteiger partial charge on any atom is -0.549 e. The van der Waals surface area contributed by atoms with Crippen LogP contribution in [0.1, 0.15) is 0 Å². The van der Waals surface area contributed by atoms with Crippen LogP contribution in [0.3, 0.4) is 0 Å². The summed E-state index contributed by atoms with van der Waals surface area (Å²) in [6.07, 6.45) is 3.62. The van der Waals surface area contributed by atoms with E-state index in [1.54, 1.807) is 9.47 Å². The van der Waals surface area contributed by atoms with Gasteiger partial charge in [0, 0.05) is 24.4 Å². The van der Waals surface area contributed by atoms with Gasteiger partial charge >= 0.3 is 0 Å². The molecule has 114 valence electrons. The fourth-order valence-corrected chi connectivity index (χ4v) is 4.17. The molecule has 0 spiro atoms. The fraction of sp³-hybridized carbons (Fsp3) is 0.462. The molecule has 7 nitrogen and oxygen atoms in total. The number of amides is 1. The highest BCUT2D eigenvalue weighted by molar-refractivity contribution is 8.00. The van der Waals surface area contributed by atoms with E-state index < -0.39 is 17.4 Å². The van der Waals surface area contributed by atoms with Crippen molar-refractivity contribution in [2.24, 2.45) is 11.1 Å². The second-order valence-electron chi connectivity index (χ2n) is 5.31. The molecule has 8 heteroatoms. The highest BCUT2D eigenvalue weighted by Crippen LogP contribution is 2.41. The van der Waals surface area contributed by atoms with Crippen molar-refractivity contribution in [3.8, 4) is 0 Å². The fourth-order valence-electron chi connectivity index (χ4n) is 2.70. The predicted molar refractivity (Wildman–Crippen MR) is 73.6 cm³/mol. The molecule has 2 aliphatic heterocycles. The number of carbonyl (C=O) groups excluding carboxylic acids is 2. The van der Waals surface area contributed by atoms with Crippen molar-refractivity contribution in [2.45, 2.75) is 18.0 Å². The Morgan fingerprint density at radius 2 is 2.14 bits per heavy atom. The van der Waals surface area contributed by atoms with Gasteiger partial charge in [-0.05, 0) is 0 Å². The molecular weight excluding hydrogens is 294 g/mol. The van der Waals surface area contributed by atoms with E-state index in [1.165, 1.54) is 11.8 Å². The van der Waals surface area contributed by atoms with Crippen LogP contribution in [0.15, 0.2) is 30.6 Å². The van der Waals surface area contributed by atoms with Gasteiger partial charge in [0.2, 0.25) is 5.91 Å². The third-order valence-corrected chi connectivity index (χ3v) is 5.49. The summed E-state index contributed by atoms with van der Waals surface area (Å²) < 4.78 is 1.81. The molecule has 3 rings (SSSR count). The Kier molecular flexibility index (Phi) is 4.22. The Morgan fingerprint density at radius 1 is 1.48 bits per heavy atom. The Balaban J connectivity index is 0.00000161. The lowest BCUT2D eigenvalue weighted by molar-refractivity contribution is -0.707. The number of hydrogen-bond donors (Lipinski definition) is 1. The number of thioether (sulfide) groups is 1. The molecule has 1 aromatic heterocycles. The van der Waals surface area contributed by atoms with Crippen LogP contribution < -0.4 is 15.4 Å². The van der Waals surface area contributed by atoms with Crippen LogP contribution in [0.2, 0.25) is 0 Å². The second-order valence-corrected chi connectivity index (χ2v) is 6.41. The third kappa shape index (κ3) is 2.50. The number of carbonyl (C=O) groups is 2. The molecule has 3 atom stereocenters. The summed E-state index contributed by atoms with van der Waals surface area (Å²) >= 11 is 1.43. The van der Waals surface area contributed by atoms with Crippen LogP contribution in [0.5, 0.6) is 0 Å². The minimum atomic E-state index is -1.12. The largest absolute Gasteiger partial charge is 0.549 e. The first-order valence-corrected chi connectivity index (χ1v) is 7.42. The van der Waals surface area contributed by atoms with E-state index in [2.05, 4.69) is 0 Å². The molecule has 1 amide bonds. The van der Waals surface area contributed by atoms with Crippen molar-refractivity contribution < 1.29 is 24.7 Å². The molecular formula is C13H17N3O4S. The summed E-state index contributed by atoms with van der Waals surface area (Å²) in [6.45, 7) is 0.455. The molecule has 0 aliphatic carbocycles. The second kappa shape index (κ2) is 5.63. The average molecular weight is 311 g/mol. The molecule has 21 heavy (non-hydrogen) atoms. The van der Waals surface area contributed by atoms with Gasteiger partial charge in [-0.3, -0.25) is 4.79 Å². The van der Waals surface area contributed by atoms with Crippen LogP contribution in [0, 0.1) is 5.41 Å². The number of rotatable bonds is 3. The molecule has 3 heterocycles. The number of carboxylic acids is 1. The molecule has 4 N–H and O–H groups in total. The molecule has 0 saturated carbocycles. The van der Waals surface area contributed by atoms with Crippen molar-refractivity contribution in [1.82, 2.24) is 4.90 Å². The van der Waals surface area contributed by atoms with E-state index in [4.69, 9.17) is 5.73 Å². The van der Waals surface area contributed by atoms with Crippen LogP contribution in [0.4, 0.5) is 0 Å². The number of nitrogens with two attached hydrogens (primary N) is 1.